The first-order valence-corrected chi connectivity index (χ1v) is 7.09. The van der Waals surface area contributed by atoms with E-state index in [1.807, 2.05) is 6.20 Å². The molecule has 4 heteroatoms. The van der Waals surface area contributed by atoms with Crippen LogP contribution in [0.25, 0.3) is 0 Å². The van der Waals surface area contributed by atoms with E-state index < -0.39 is 0 Å². The molecule has 102 valence electrons. The second-order valence-corrected chi connectivity index (χ2v) is 5.63. The fourth-order valence-corrected chi connectivity index (χ4v) is 2.59. The Labute approximate surface area is 110 Å². The zero-order valence-corrected chi connectivity index (χ0v) is 11.9. The lowest BCUT2D eigenvalue weighted by atomic mass is 9.90. The molecular weight excluding hydrogens is 224 g/mol. The summed E-state index contributed by atoms with van der Waals surface area (Å²) in [7, 11) is 2.08. The van der Waals surface area contributed by atoms with Gasteiger partial charge < -0.3 is 5.32 Å². The van der Waals surface area contributed by atoms with E-state index in [-0.39, 0.29) is 0 Å². The molecule has 0 aromatic carbocycles. The van der Waals surface area contributed by atoms with Crippen LogP contribution in [0.4, 0.5) is 0 Å². The molecule has 0 aliphatic carbocycles. The van der Waals surface area contributed by atoms with E-state index in [2.05, 4.69) is 47.0 Å². The van der Waals surface area contributed by atoms with Gasteiger partial charge in [0.1, 0.15) is 0 Å². The van der Waals surface area contributed by atoms with Crippen LogP contribution in [0, 0.1) is 0 Å². The number of hydrogen-bond donors (Lipinski definition) is 1. The van der Waals surface area contributed by atoms with E-state index in [4.69, 9.17) is 0 Å². The average Bonchev–Trinajstić information content (AvgIpc) is 2.81. The molecule has 0 saturated carbocycles. The number of hydrogen-bond acceptors (Lipinski definition) is 3. The van der Waals surface area contributed by atoms with Crippen LogP contribution < -0.4 is 5.32 Å². The zero-order chi connectivity index (χ0) is 13.0. The average molecular weight is 250 g/mol. The first-order valence-electron chi connectivity index (χ1n) is 7.09. The third-order valence-electron chi connectivity index (χ3n) is 4.19. The summed E-state index contributed by atoms with van der Waals surface area (Å²) in [6.07, 6.45) is 5.52. The fourth-order valence-electron chi connectivity index (χ4n) is 2.59. The summed E-state index contributed by atoms with van der Waals surface area (Å²) < 4.78 is 2.14. The van der Waals surface area contributed by atoms with Crippen LogP contribution in [0.1, 0.15) is 38.8 Å². The quantitative estimate of drug-likeness (QED) is 0.866. The van der Waals surface area contributed by atoms with E-state index in [0.717, 1.165) is 19.5 Å². The van der Waals surface area contributed by atoms with Gasteiger partial charge in [-0.25, -0.2) is 0 Å². The lowest BCUT2D eigenvalue weighted by molar-refractivity contribution is 0.143. The monoisotopic (exact) mass is 250 g/mol. The number of nitrogens with zero attached hydrogens (tertiary/aromatic N) is 3. The Balaban J connectivity index is 1.89. The summed E-state index contributed by atoms with van der Waals surface area (Å²) >= 11 is 0. The highest BCUT2D eigenvalue weighted by Gasteiger charge is 2.28. The van der Waals surface area contributed by atoms with Crippen molar-refractivity contribution in [3.05, 3.63) is 18.0 Å². The summed E-state index contributed by atoms with van der Waals surface area (Å²) in [5, 5.41) is 7.84. The van der Waals surface area contributed by atoms with Crippen molar-refractivity contribution in [2.75, 3.05) is 20.1 Å². The van der Waals surface area contributed by atoms with E-state index >= 15 is 0 Å². The molecule has 4 nitrogen and oxygen atoms in total. The van der Waals surface area contributed by atoms with Crippen LogP contribution in [-0.2, 0) is 13.1 Å². The number of likely N-dealkylation sites (tertiary alicyclic amines) is 1. The Kier molecular flexibility index (Phi) is 4.40. The van der Waals surface area contributed by atoms with Crippen molar-refractivity contribution in [2.24, 2.45) is 0 Å². The van der Waals surface area contributed by atoms with Gasteiger partial charge in [-0.05, 0) is 39.3 Å². The van der Waals surface area contributed by atoms with Gasteiger partial charge in [0, 0.05) is 37.9 Å². The molecule has 18 heavy (non-hydrogen) atoms. The van der Waals surface area contributed by atoms with E-state index in [1.165, 1.54) is 31.6 Å². The number of aryl methyl sites for hydroxylation is 1. The summed E-state index contributed by atoms with van der Waals surface area (Å²) in [6.45, 7) is 8.95. The molecule has 1 N–H and O–H groups in total. The molecule has 1 aliphatic rings. The fraction of sp³-hybridized carbons (Fsp3) is 0.786. The Bertz CT molecular complexity index is 364. The molecule has 0 radical (unpaired) electrons. The molecule has 0 spiro atoms. The summed E-state index contributed by atoms with van der Waals surface area (Å²) in [6, 6.07) is 2.15. The van der Waals surface area contributed by atoms with Crippen molar-refractivity contribution >= 4 is 0 Å². The maximum atomic E-state index is 4.39. The minimum atomic E-state index is 0.333. The van der Waals surface area contributed by atoms with E-state index in [9.17, 15) is 0 Å². The van der Waals surface area contributed by atoms with Crippen molar-refractivity contribution < 1.29 is 0 Å². The standard InChI is InChI=1S/C14H26N4/c1-4-9-18-13(5-8-16-18)12-17-10-6-14(2,15-3)7-11-17/h5,8,15H,4,6-7,9-12H2,1-3H3. The molecular formula is C14H26N4. The second kappa shape index (κ2) is 5.85. The number of aromatic nitrogens is 2. The minimum absolute atomic E-state index is 0.333. The normalized spacial score (nSPS) is 20.2. The van der Waals surface area contributed by atoms with Crippen molar-refractivity contribution in [3.8, 4) is 0 Å². The molecule has 2 rings (SSSR count). The third-order valence-corrected chi connectivity index (χ3v) is 4.19. The SMILES string of the molecule is CCCn1nccc1CN1CCC(C)(NC)CC1. The van der Waals surface area contributed by atoms with Gasteiger partial charge in [-0.2, -0.15) is 5.10 Å². The van der Waals surface area contributed by atoms with Gasteiger partial charge in [0.25, 0.3) is 0 Å². The molecule has 1 aromatic rings. The van der Waals surface area contributed by atoms with Crippen LogP contribution in [0.5, 0.6) is 0 Å². The molecule has 1 aromatic heterocycles. The van der Waals surface area contributed by atoms with Gasteiger partial charge in [0.05, 0.1) is 5.69 Å². The maximum Gasteiger partial charge on any atom is 0.0524 e. The van der Waals surface area contributed by atoms with Gasteiger partial charge >= 0.3 is 0 Å². The molecule has 0 bridgehead atoms. The highest BCUT2D eigenvalue weighted by molar-refractivity contribution is 5.01. The third kappa shape index (κ3) is 3.12. The Morgan fingerprint density at radius 1 is 1.39 bits per heavy atom. The lowest BCUT2D eigenvalue weighted by Gasteiger charge is -2.39. The second-order valence-electron chi connectivity index (χ2n) is 5.63. The van der Waals surface area contributed by atoms with Gasteiger partial charge in [-0.3, -0.25) is 9.58 Å². The minimum Gasteiger partial charge on any atom is -0.314 e. The first kappa shape index (κ1) is 13.6. The smallest absolute Gasteiger partial charge is 0.0524 e. The summed E-state index contributed by atoms with van der Waals surface area (Å²) in [5.41, 5.74) is 1.69. The molecule has 2 heterocycles. The Morgan fingerprint density at radius 3 is 2.72 bits per heavy atom. The first-order chi connectivity index (χ1) is 8.67. The molecule has 1 saturated heterocycles. The largest absolute Gasteiger partial charge is 0.314 e. The summed E-state index contributed by atoms with van der Waals surface area (Å²) in [5.74, 6) is 0. The highest BCUT2D eigenvalue weighted by Crippen LogP contribution is 2.22. The van der Waals surface area contributed by atoms with Crippen LogP contribution in [0.15, 0.2) is 12.3 Å². The summed E-state index contributed by atoms with van der Waals surface area (Å²) in [4.78, 5) is 2.54. The van der Waals surface area contributed by atoms with Gasteiger partial charge in [0.2, 0.25) is 0 Å². The predicted molar refractivity (Wildman–Crippen MR) is 74.5 cm³/mol. The number of piperidine rings is 1. The van der Waals surface area contributed by atoms with Crippen LogP contribution in [0.2, 0.25) is 0 Å². The lowest BCUT2D eigenvalue weighted by Crippen LogP contribution is -2.49. The number of nitrogens with one attached hydrogen (secondary N) is 1. The molecule has 0 amide bonds. The molecule has 0 atom stereocenters. The Hall–Kier alpha value is -0.870. The van der Waals surface area contributed by atoms with Gasteiger partial charge in [-0.1, -0.05) is 6.92 Å². The van der Waals surface area contributed by atoms with Crippen LogP contribution in [0.3, 0.4) is 0 Å². The number of rotatable bonds is 5. The van der Waals surface area contributed by atoms with Crippen molar-refractivity contribution in [1.82, 2.24) is 20.0 Å². The predicted octanol–water partition coefficient (Wildman–Crippen LogP) is 1.87. The van der Waals surface area contributed by atoms with Gasteiger partial charge in [0.15, 0.2) is 0 Å². The maximum absolute atomic E-state index is 4.39. The van der Waals surface area contributed by atoms with Crippen LogP contribution in [-0.4, -0.2) is 40.4 Å². The molecule has 1 aliphatic heterocycles. The highest BCUT2D eigenvalue weighted by atomic mass is 15.3. The Morgan fingerprint density at radius 2 is 2.11 bits per heavy atom. The van der Waals surface area contributed by atoms with Crippen molar-refractivity contribution in [3.63, 3.8) is 0 Å². The van der Waals surface area contributed by atoms with Crippen molar-refractivity contribution in [1.29, 1.82) is 0 Å². The van der Waals surface area contributed by atoms with Crippen LogP contribution >= 0.6 is 0 Å². The topological polar surface area (TPSA) is 33.1 Å². The van der Waals surface area contributed by atoms with Gasteiger partial charge in [-0.15, -0.1) is 0 Å². The van der Waals surface area contributed by atoms with Crippen molar-refractivity contribution in [2.45, 2.75) is 51.7 Å². The van der Waals surface area contributed by atoms with E-state index in [0.29, 0.717) is 5.54 Å². The molecule has 1 fully saturated rings. The van der Waals surface area contributed by atoms with E-state index in [1.54, 1.807) is 0 Å². The molecule has 0 unspecified atom stereocenters. The zero-order valence-electron chi connectivity index (χ0n) is 11.9.